The molecule has 2 N–H and O–H groups in total. The van der Waals surface area contributed by atoms with Crippen LogP contribution in [0.25, 0.3) is 22.2 Å². The topological polar surface area (TPSA) is 112 Å². The predicted molar refractivity (Wildman–Crippen MR) is 162 cm³/mol. The number of benzene rings is 2. The first kappa shape index (κ1) is 28.9. The molecule has 2 amide bonds. The summed E-state index contributed by atoms with van der Waals surface area (Å²) >= 11 is 0. The largest absolute Gasteiger partial charge is 0.391 e. The van der Waals surface area contributed by atoms with Crippen molar-refractivity contribution in [3.8, 4) is 11.3 Å². The Hall–Kier alpha value is -3.21. The maximum absolute atomic E-state index is 14.0. The van der Waals surface area contributed by atoms with Crippen LogP contribution in [-0.4, -0.2) is 72.4 Å². The van der Waals surface area contributed by atoms with Gasteiger partial charge in [0.05, 0.1) is 17.7 Å². The van der Waals surface area contributed by atoms with Crippen molar-refractivity contribution in [1.82, 2.24) is 18.5 Å². The zero-order chi connectivity index (χ0) is 29.6. The standard InChI is InChI=1S/C32H40N4O5S/c1-34(2)42(40,41)33-31(38)23-14-15-27-28(18-23)36-19-24(32(39)35-16-8-12-25(37)20-35)17-22-11-6-7-13-26(22)30(36)29(27)21-9-4-3-5-10-21/h6-7,11,13-15,18,21,24-25,37H,3-5,8-10,12,16-17,19-20H2,1-2H3,(H,33,38). The van der Waals surface area contributed by atoms with E-state index in [1.165, 1.54) is 38.9 Å². The monoisotopic (exact) mass is 592 g/mol. The van der Waals surface area contributed by atoms with E-state index in [0.717, 1.165) is 51.3 Å². The van der Waals surface area contributed by atoms with Crippen LogP contribution >= 0.6 is 0 Å². The molecule has 6 rings (SSSR count). The first-order valence-corrected chi connectivity index (χ1v) is 16.5. The van der Waals surface area contributed by atoms with E-state index in [-0.39, 0.29) is 17.4 Å². The maximum Gasteiger partial charge on any atom is 0.303 e. The van der Waals surface area contributed by atoms with E-state index in [4.69, 9.17) is 0 Å². The van der Waals surface area contributed by atoms with Gasteiger partial charge in [0.2, 0.25) is 5.91 Å². The fourth-order valence-corrected chi connectivity index (χ4v) is 7.66. The summed E-state index contributed by atoms with van der Waals surface area (Å²) in [5.74, 6) is -0.615. The van der Waals surface area contributed by atoms with Gasteiger partial charge in [-0.1, -0.05) is 49.6 Å². The van der Waals surface area contributed by atoms with Crippen LogP contribution in [-0.2, 0) is 28.0 Å². The summed E-state index contributed by atoms with van der Waals surface area (Å²) in [6.45, 7) is 1.44. The number of hydrogen-bond acceptors (Lipinski definition) is 5. The third-order valence-electron chi connectivity index (χ3n) is 9.28. The minimum absolute atomic E-state index is 0.0449. The molecule has 0 spiro atoms. The Morgan fingerprint density at radius 2 is 1.74 bits per heavy atom. The second kappa shape index (κ2) is 11.5. The van der Waals surface area contributed by atoms with Crippen LogP contribution in [0, 0.1) is 5.92 Å². The summed E-state index contributed by atoms with van der Waals surface area (Å²) in [5, 5.41) is 11.4. The number of amides is 2. The van der Waals surface area contributed by atoms with Gasteiger partial charge in [0.25, 0.3) is 5.91 Å². The second-order valence-corrected chi connectivity index (χ2v) is 14.2. The fraction of sp³-hybridized carbons (Fsp3) is 0.500. The third-order valence-corrected chi connectivity index (χ3v) is 10.7. The molecule has 3 aromatic rings. The van der Waals surface area contributed by atoms with Crippen molar-refractivity contribution < 1.29 is 23.1 Å². The summed E-state index contributed by atoms with van der Waals surface area (Å²) < 4.78 is 30.2. The SMILES string of the molecule is CN(C)S(=O)(=O)NC(=O)c1ccc2c(C3CCCCC3)c3n(c2c1)CC(C(=O)N1CCCC(O)C1)Cc1ccccc1-3. The molecule has 2 aromatic carbocycles. The molecule has 0 radical (unpaired) electrons. The molecule has 1 aliphatic carbocycles. The number of fused-ring (bicyclic) bond motifs is 5. The van der Waals surface area contributed by atoms with Gasteiger partial charge >= 0.3 is 10.2 Å². The molecule has 1 saturated heterocycles. The van der Waals surface area contributed by atoms with Crippen molar-refractivity contribution in [2.24, 2.45) is 5.92 Å². The lowest BCUT2D eigenvalue weighted by Gasteiger charge is -2.33. The molecular weight excluding hydrogens is 552 g/mol. The molecular formula is C32H40N4O5S. The highest BCUT2D eigenvalue weighted by molar-refractivity contribution is 7.87. The molecule has 42 heavy (non-hydrogen) atoms. The number of hydrogen-bond donors (Lipinski definition) is 2. The first-order valence-electron chi connectivity index (χ1n) is 15.1. The number of aliphatic hydroxyl groups is 1. The minimum atomic E-state index is -3.95. The Kier molecular flexibility index (Phi) is 7.89. The van der Waals surface area contributed by atoms with Gasteiger partial charge in [-0.15, -0.1) is 0 Å². The average Bonchev–Trinajstić information content (AvgIpc) is 3.19. The van der Waals surface area contributed by atoms with Gasteiger partial charge < -0.3 is 14.6 Å². The Morgan fingerprint density at radius 3 is 2.48 bits per heavy atom. The number of nitrogens with zero attached hydrogens (tertiary/aromatic N) is 3. The number of piperidine rings is 1. The third kappa shape index (κ3) is 5.36. The van der Waals surface area contributed by atoms with Crippen LogP contribution < -0.4 is 4.72 Å². The molecule has 0 bridgehead atoms. The number of rotatable bonds is 5. The van der Waals surface area contributed by atoms with E-state index < -0.39 is 22.2 Å². The number of nitrogens with one attached hydrogen (secondary N) is 1. The van der Waals surface area contributed by atoms with Gasteiger partial charge in [0, 0.05) is 55.8 Å². The maximum atomic E-state index is 14.0. The van der Waals surface area contributed by atoms with Crippen LogP contribution in [0.5, 0.6) is 0 Å². The highest BCUT2D eigenvalue weighted by Crippen LogP contribution is 2.47. The fourth-order valence-electron chi connectivity index (χ4n) is 7.13. The van der Waals surface area contributed by atoms with Crippen LogP contribution in [0.1, 0.15) is 72.3 Å². The molecule has 1 saturated carbocycles. The number of carbonyl (C=O) groups excluding carboxylic acids is 2. The summed E-state index contributed by atoms with van der Waals surface area (Å²) in [4.78, 5) is 28.9. The number of carbonyl (C=O) groups is 2. The number of likely N-dealkylation sites (tertiary alicyclic amines) is 1. The van der Waals surface area contributed by atoms with Gasteiger partial charge in [-0.05, 0) is 61.3 Å². The Labute approximate surface area is 247 Å². The van der Waals surface area contributed by atoms with Gasteiger partial charge in [0.15, 0.2) is 0 Å². The molecule has 3 aliphatic rings. The van der Waals surface area contributed by atoms with Crippen molar-refractivity contribution in [3.63, 3.8) is 0 Å². The molecule has 2 unspecified atom stereocenters. The molecule has 224 valence electrons. The normalized spacial score (nSPS) is 21.6. The number of β-amino-alcohol motifs (C(OH)–C–C–N with tert-alkyl or cyclic N) is 1. The molecule has 2 atom stereocenters. The molecule has 3 heterocycles. The zero-order valence-electron chi connectivity index (χ0n) is 24.4. The van der Waals surface area contributed by atoms with Crippen LogP contribution in [0.2, 0.25) is 0 Å². The highest BCUT2D eigenvalue weighted by Gasteiger charge is 2.35. The molecule has 10 heteroatoms. The average molecular weight is 593 g/mol. The lowest BCUT2D eigenvalue weighted by atomic mass is 9.81. The lowest BCUT2D eigenvalue weighted by Crippen LogP contribution is -2.46. The summed E-state index contributed by atoms with van der Waals surface area (Å²) in [5.41, 5.74) is 5.72. The van der Waals surface area contributed by atoms with E-state index >= 15 is 0 Å². The van der Waals surface area contributed by atoms with Crippen LogP contribution in [0.4, 0.5) is 0 Å². The minimum Gasteiger partial charge on any atom is -0.391 e. The van der Waals surface area contributed by atoms with Gasteiger partial charge in [-0.2, -0.15) is 12.7 Å². The van der Waals surface area contributed by atoms with E-state index in [1.807, 2.05) is 23.1 Å². The molecule has 9 nitrogen and oxygen atoms in total. The van der Waals surface area contributed by atoms with Gasteiger partial charge in [-0.3, -0.25) is 9.59 Å². The molecule has 2 aliphatic heterocycles. The van der Waals surface area contributed by atoms with Crippen LogP contribution in [0.3, 0.4) is 0 Å². The lowest BCUT2D eigenvalue weighted by molar-refractivity contribution is -0.139. The second-order valence-electron chi connectivity index (χ2n) is 12.3. The summed E-state index contributed by atoms with van der Waals surface area (Å²) in [6.07, 6.45) is 7.33. The van der Waals surface area contributed by atoms with Crippen molar-refractivity contribution in [3.05, 3.63) is 59.2 Å². The molecule has 1 aromatic heterocycles. The first-order chi connectivity index (χ1) is 20.1. The highest BCUT2D eigenvalue weighted by atomic mass is 32.2. The Balaban J connectivity index is 1.51. The number of aromatic nitrogens is 1. The van der Waals surface area contributed by atoms with E-state index in [0.29, 0.717) is 38.4 Å². The Bertz CT molecular complexity index is 1620. The van der Waals surface area contributed by atoms with Crippen molar-refractivity contribution in [2.75, 3.05) is 27.2 Å². The Morgan fingerprint density at radius 1 is 0.976 bits per heavy atom. The van der Waals surface area contributed by atoms with E-state index in [9.17, 15) is 23.1 Å². The zero-order valence-corrected chi connectivity index (χ0v) is 25.2. The van der Waals surface area contributed by atoms with Gasteiger partial charge in [-0.25, -0.2) is 4.72 Å². The number of aliphatic hydroxyl groups excluding tert-OH is 1. The van der Waals surface area contributed by atoms with E-state index in [1.54, 1.807) is 12.1 Å². The molecule has 2 fully saturated rings. The van der Waals surface area contributed by atoms with Crippen molar-refractivity contribution in [1.29, 1.82) is 0 Å². The summed E-state index contributed by atoms with van der Waals surface area (Å²) in [6, 6.07) is 13.8. The summed E-state index contributed by atoms with van der Waals surface area (Å²) in [7, 11) is -1.21. The van der Waals surface area contributed by atoms with E-state index in [2.05, 4.69) is 21.4 Å². The van der Waals surface area contributed by atoms with Crippen LogP contribution in [0.15, 0.2) is 42.5 Å². The smallest absolute Gasteiger partial charge is 0.303 e. The quantitative estimate of drug-likeness (QED) is 0.465. The van der Waals surface area contributed by atoms with Crippen molar-refractivity contribution >= 4 is 32.9 Å². The van der Waals surface area contributed by atoms with Gasteiger partial charge in [0.1, 0.15) is 0 Å². The predicted octanol–water partition coefficient (Wildman–Crippen LogP) is 4.05. The van der Waals surface area contributed by atoms with Crippen molar-refractivity contribution in [2.45, 2.75) is 69.9 Å².